The van der Waals surface area contributed by atoms with E-state index in [-0.39, 0.29) is 42.2 Å². The molecule has 0 saturated carbocycles. The van der Waals surface area contributed by atoms with Crippen LogP contribution in [0.25, 0.3) is 11.1 Å². The number of hydrogen-bond acceptors (Lipinski definition) is 6. The van der Waals surface area contributed by atoms with Gasteiger partial charge >= 0.3 is 0 Å². The third-order valence-electron chi connectivity index (χ3n) is 7.55. The van der Waals surface area contributed by atoms with Crippen LogP contribution in [0.4, 0.5) is 4.39 Å². The van der Waals surface area contributed by atoms with E-state index in [0.29, 0.717) is 41.1 Å². The van der Waals surface area contributed by atoms with Crippen LogP contribution in [-0.2, 0) is 23.6 Å². The first-order valence-corrected chi connectivity index (χ1v) is 15.9. The Kier molecular flexibility index (Phi) is 12.6. The number of hydrogen-bond donors (Lipinski definition) is 2. The molecule has 2 heterocycles. The van der Waals surface area contributed by atoms with Gasteiger partial charge in [0.25, 0.3) is 5.56 Å². The van der Waals surface area contributed by atoms with Gasteiger partial charge in [-0.15, -0.1) is 12.4 Å². The van der Waals surface area contributed by atoms with Crippen molar-refractivity contribution < 1.29 is 9.18 Å². The highest BCUT2D eigenvalue weighted by Gasteiger charge is 2.21. The van der Waals surface area contributed by atoms with Gasteiger partial charge in [0.05, 0.1) is 6.20 Å². The molecule has 0 spiro atoms. The number of nitrogens with zero attached hydrogens (tertiary/aromatic N) is 4. The van der Waals surface area contributed by atoms with Crippen molar-refractivity contribution >= 4 is 41.7 Å². The molecule has 5 rings (SSSR count). The Morgan fingerprint density at radius 3 is 2.33 bits per heavy atom. The average molecular weight is 682 g/mol. The molecule has 0 fully saturated rings. The van der Waals surface area contributed by atoms with Crippen molar-refractivity contribution in [3.63, 3.8) is 0 Å². The van der Waals surface area contributed by atoms with Crippen molar-refractivity contribution in [2.75, 3.05) is 20.1 Å². The lowest BCUT2D eigenvalue weighted by Gasteiger charge is -2.24. The second-order valence-electron chi connectivity index (χ2n) is 10.7. The number of aromatic amines is 1. The maximum atomic E-state index is 13.9. The second-order valence-corrected chi connectivity index (χ2v) is 12.1. The van der Waals surface area contributed by atoms with Crippen molar-refractivity contribution in [3.05, 3.63) is 135 Å². The highest BCUT2D eigenvalue weighted by atomic mass is 35.5. The summed E-state index contributed by atoms with van der Waals surface area (Å²) < 4.78 is 15.2. The normalized spacial score (nSPS) is 11.6. The van der Waals surface area contributed by atoms with E-state index in [1.807, 2.05) is 62.5 Å². The van der Waals surface area contributed by atoms with E-state index < -0.39 is 0 Å². The molecular formula is C34H35Cl2FN6O2S. The van der Waals surface area contributed by atoms with Gasteiger partial charge in [-0.25, -0.2) is 4.39 Å². The third kappa shape index (κ3) is 9.07. The van der Waals surface area contributed by atoms with Crippen LogP contribution in [0.15, 0.2) is 101 Å². The molecule has 1 unspecified atom stereocenters. The molecule has 1 amide bonds. The van der Waals surface area contributed by atoms with Crippen LogP contribution >= 0.6 is 35.8 Å². The molecule has 3 aromatic carbocycles. The SMILES string of the molecule is CNCCN(Cc1ccc(-c2ccc(Cl)cc2)cc1)C(=O)Cn1cc(C(C)c2cn[nH]c2)c(=O)nc1SCc1ccc(F)cc1.Cl. The predicted molar refractivity (Wildman–Crippen MR) is 184 cm³/mol. The van der Waals surface area contributed by atoms with Crippen molar-refractivity contribution in [2.45, 2.75) is 36.8 Å². The minimum atomic E-state index is -0.359. The fourth-order valence-electron chi connectivity index (χ4n) is 4.87. The number of benzene rings is 3. The van der Waals surface area contributed by atoms with E-state index in [4.69, 9.17) is 11.6 Å². The highest BCUT2D eigenvalue weighted by Crippen LogP contribution is 2.26. The number of aromatic nitrogens is 4. The first kappa shape index (κ1) is 34.9. The first-order valence-electron chi connectivity index (χ1n) is 14.5. The Morgan fingerprint density at radius 1 is 1.04 bits per heavy atom. The molecule has 2 aromatic heterocycles. The molecule has 5 aromatic rings. The number of carbonyl (C=O) groups is 1. The van der Waals surface area contributed by atoms with Gasteiger partial charge in [-0.2, -0.15) is 10.1 Å². The van der Waals surface area contributed by atoms with E-state index in [1.165, 1.54) is 23.9 Å². The van der Waals surface area contributed by atoms with Crippen LogP contribution in [0.1, 0.15) is 35.1 Å². The molecule has 0 bridgehead atoms. The molecule has 8 nitrogen and oxygen atoms in total. The minimum Gasteiger partial charge on any atom is -0.336 e. The van der Waals surface area contributed by atoms with E-state index in [0.717, 1.165) is 27.8 Å². The zero-order valence-corrected chi connectivity index (χ0v) is 27.8. The third-order valence-corrected chi connectivity index (χ3v) is 8.86. The predicted octanol–water partition coefficient (Wildman–Crippen LogP) is 6.54. The van der Waals surface area contributed by atoms with Crippen LogP contribution in [-0.4, -0.2) is 50.7 Å². The number of halogens is 3. The van der Waals surface area contributed by atoms with E-state index >= 15 is 0 Å². The fraction of sp³-hybridized carbons (Fsp3) is 0.235. The first-order chi connectivity index (χ1) is 21.8. The number of H-pyrrole nitrogens is 1. The summed E-state index contributed by atoms with van der Waals surface area (Å²) in [6.07, 6.45) is 5.15. The summed E-state index contributed by atoms with van der Waals surface area (Å²) in [5.74, 6) is -0.242. The quantitative estimate of drug-likeness (QED) is 0.108. The number of rotatable bonds is 13. The number of nitrogens with one attached hydrogen (secondary N) is 2. The van der Waals surface area contributed by atoms with Crippen molar-refractivity contribution in [1.29, 1.82) is 0 Å². The van der Waals surface area contributed by atoms with Crippen molar-refractivity contribution in [2.24, 2.45) is 0 Å². The molecule has 1 atom stereocenters. The van der Waals surface area contributed by atoms with Gasteiger partial charge in [0.15, 0.2) is 5.16 Å². The van der Waals surface area contributed by atoms with Crippen LogP contribution in [0, 0.1) is 5.82 Å². The lowest BCUT2D eigenvalue weighted by atomic mass is 9.98. The maximum absolute atomic E-state index is 13.9. The van der Waals surface area contributed by atoms with Crippen LogP contribution in [0.5, 0.6) is 0 Å². The molecule has 0 aliphatic rings. The highest BCUT2D eigenvalue weighted by molar-refractivity contribution is 7.98. The van der Waals surface area contributed by atoms with Gasteiger partial charge in [-0.1, -0.05) is 78.8 Å². The van der Waals surface area contributed by atoms with E-state index in [1.54, 1.807) is 40.2 Å². The Balaban J connectivity index is 0.00000480. The standard InChI is InChI=1S/C34H34ClFN6O2S.ClH/c1-23(28-17-38-39-18-28)31-20-42(34(40-33(31)44)45-22-25-5-13-30(36)14-6-25)21-32(43)41(16-15-37-2)19-24-3-7-26(8-4-24)27-9-11-29(35)12-10-27;/h3-14,17-18,20,23,37H,15-16,19,21-22H2,1-2H3,(H,38,39);1H. The van der Waals surface area contributed by atoms with Gasteiger partial charge in [0.2, 0.25) is 5.91 Å². The number of carbonyl (C=O) groups excluding carboxylic acids is 1. The summed E-state index contributed by atoms with van der Waals surface area (Å²) in [7, 11) is 1.85. The summed E-state index contributed by atoms with van der Waals surface area (Å²) in [4.78, 5) is 33.3. The van der Waals surface area contributed by atoms with E-state index in [9.17, 15) is 14.0 Å². The fourth-order valence-corrected chi connectivity index (χ4v) is 5.92. The number of amides is 1. The monoisotopic (exact) mass is 680 g/mol. The Morgan fingerprint density at radius 2 is 1.70 bits per heavy atom. The topological polar surface area (TPSA) is 95.9 Å². The van der Waals surface area contributed by atoms with Crippen LogP contribution in [0.3, 0.4) is 0 Å². The van der Waals surface area contributed by atoms with Crippen molar-refractivity contribution in [3.8, 4) is 11.1 Å². The second kappa shape index (κ2) is 16.6. The van der Waals surface area contributed by atoms with Gasteiger partial charge in [-0.3, -0.25) is 14.7 Å². The number of thioether (sulfide) groups is 1. The van der Waals surface area contributed by atoms with Gasteiger partial charge in [0.1, 0.15) is 12.4 Å². The summed E-state index contributed by atoms with van der Waals surface area (Å²) >= 11 is 7.38. The Bertz CT molecular complexity index is 1770. The minimum absolute atomic E-state index is 0. The summed E-state index contributed by atoms with van der Waals surface area (Å²) in [6.45, 7) is 3.44. The molecule has 0 aliphatic carbocycles. The average Bonchev–Trinajstić information content (AvgIpc) is 3.59. The molecule has 2 N–H and O–H groups in total. The zero-order valence-electron chi connectivity index (χ0n) is 25.5. The molecule has 0 saturated heterocycles. The largest absolute Gasteiger partial charge is 0.336 e. The van der Waals surface area contributed by atoms with Gasteiger partial charge < -0.3 is 14.8 Å². The molecule has 240 valence electrons. The van der Waals surface area contributed by atoms with Crippen LogP contribution < -0.4 is 10.9 Å². The smallest absolute Gasteiger partial charge is 0.277 e. The van der Waals surface area contributed by atoms with Gasteiger partial charge in [-0.05, 0) is 59.1 Å². The summed E-state index contributed by atoms with van der Waals surface area (Å²) in [5, 5.41) is 11.0. The molecular weight excluding hydrogens is 646 g/mol. The Hall–Kier alpha value is -3.96. The van der Waals surface area contributed by atoms with E-state index in [2.05, 4.69) is 20.5 Å². The zero-order chi connectivity index (χ0) is 31.8. The molecule has 0 aliphatic heterocycles. The molecule has 12 heteroatoms. The molecule has 46 heavy (non-hydrogen) atoms. The van der Waals surface area contributed by atoms with Crippen molar-refractivity contribution in [1.82, 2.24) is 30.0 Å². The lowest BCUT2D eigenvalue weighted by molar-refractivity contribution is -0.132. The summed E-state index contributed by atoms with van der Waals surface area (Å²) in [5.41, 5.74) is 4.95. The Labute approximate surface area is 282 Å². The lowest BCUT2D eigenvalue weighted by Crippen LogP contribution is -2.38. The summed E-state index contributed by atoms with van der Waals surface area (Å²) in [6, 6.07) is 22.0. The maximum Gasteiger partial charge on any atom is 0.277 e. The molecule has 0 radical (unpaired) electrons. The van der Waals surface area contributed by atoms with Gasteiger partial charge in [0, 0.05) is 54.3 Å². The van der Waals surface area contributed by atoms with Crippen LogP contribution in [0.2, 0.25) is 5.02 Å². The number of likely N-dealkylation sites (N-methyl/N-ethyl adjacent to an activating group) is 1.